The highest BCUT2D eigenvalue weighted by Crippen LogP contribution is 2.22. The van der Waals surface area contributed by atoms with Crippen molar-refractivity contribution in [2.24, 2.45) is 0 Å². The first-order valence-corrected chi connectivity index (χ1v) is 6.80. The second-order valence-electron chi connectivity index (χ2n) is 3.35. The Morgan fingerprint density at radius 2 is 2.31 bits per heavy atom. The predicted molar refractivity (Wildman–Crippen MR) is 73.3 cm³/mol. The highest BCUT2D eigenvalue weighted by Gasteiger charge is 2.01. The summed E-state index contributed by atoms with van der Waals surface area (Å²) < 4.78 is 1.13. The average molecular weight is 318 g/mol. The highest BCUT2D eigenvalue weighted by atomic mass is 79.9. The van der Waals surface area contributed by atoms with Crippen LogP contribution < -0.4 is 5.32 Å². The van der Waals surface area contributed by atoms with Gasteiger partial charge in [0.05, 0.1) is 11.4 Å². The molecule has 0 radical (unpaired) electrons. The lowest BCUT2D eigenvalue weighted by molar-refractivity contribution is 1.13. The summed E-state index contributed by atoms with van der Waals surface area (Å²) in [5.74, 6) is 0. The van der Waals surface area contributed by atoms with Gasteiger partial charge >= 0.3 is 0 Å². The molecule has 2 heterocycles. The zero-order chi connectivity index (χ0) is 11.5. The minimum absolute atomic E-state index is 0.530. The molecule has 1 N–H and O–H groups in total. The molecule has 2 rings (SSSR count). The molecule has 16 heavy (non-hydrogen) atoms. The molecule has 2 aromatic rings. The lowest BCUT2D eigenvalue weighted by Gasteiger charge is -2.07. The molecule has 0 amide bonds. The first-order chi connectivity index (χ1) is 7.65. The number of nitrogens with one attached hydrogen (secondary N) is 1. The van der Waals surface area contributed by atoms with E-state index < -0.39 is 0 Å². The van der Waals surface area contributed by atoms with Gasteiger partial charge in [0, 0.05) is 21.3 Å². The molecule has 0 aliphatic rings. The van der Waals surface area contributed by atoms with Crippen LogP contribution in [0, 0.1) is 6.92 Å². The number of nitrogens with zero attached hydrogens (tertiary/aromatic N) is 1. The second kappa shape index (κ2) is 5.17. The average Bonchev–Trinajstić information content (AvgIpc) is 2.63. The first kappa shape index (κ1) is 11.9. The van der Waals surface area contributed by atoms with Crippen molar-refractivity contribution in [3.05, 3.63) is 43.8 Å². The summed E-state index contributed by atoms with van der Waals surface area (Å²) in [4.78, 5) is 5.47. The quantitative estimate of drug-likeness (QED) is 0.844. The number of halogens is 2. The Morgan fingerprint density at radius 1 is 1.50 bits per heavy atom. The summed E-state index contributed by atoms with van der Waals surface area (Å²) in [6.07, 6.45) is 0. The number of rotatable bonds is 3. The zero-order valence-electron chi connectivity index (χ0n) is 8.63. The van der Waals surface area contributed by atoms with E-state index in [0.29, 0.717) is 5.15 Å². The standard InChI is InChI=1S/C11H10BrClN2S/c1-7-10(2-3-11(13)15-7)14-5-9-4-8(12)6-16-9/h2-4,6,14H,5H2,1H3. The maximum absolute atomic E-state index is 5.79. The van der Waals surface area contributed by atoms with Gasteiger partial charge in [-0.15, -0.1) is 11.3 Å². The van der Waals surface area contributed by atoms with Crippen LogP contribution in [-0.4, -0.2) is 4.98 Å². The molecule has 0 unspecified atom stereocenters. The lowest BCUT2D eigenvalue weighted by atomic mass is 10.3. The Hall–Kier alpha value is -0.580. The van der Waals surface area contributed by atoms with E-state index in [9.17, 15) is 0 Å². The molecular formula is C11H10BrClN2S. The number of hydrogen-bond donors (Lipinski definition) is 1. The van der Waals surface area contributed by atoms with E-state index >= 15 is 0 Å². The van der Waals surface area contributed by atoms with E-state index in [1.807, 2.05) is 13.0 Å². The molecule has 0 aliphatic carbocycles. The smallest absolute Gasteiger partial charge is 0.129 e. The first-order valence-electron chi connectivity index (χ1n) is 4.75. The van der Waals surface area contributed by atoms with Gasteiger partial charge in [0.15, 0.2) is 0 Å². The molecule has 5 heteroatoms. The Morgan fingerprint density at radius 3 is 2.94 bits per heavy atom. The van der Waals surface area contributed by atoms with Crippen molar-refractivity contribution in [3.8, 4) is 0 Å². The van der Waals surface area contributed by atoms with Crippen LogP contribution in [0.3, 0.4) is 0 Å². The van der Waals surface area contributed by atoms with Gasteiger partial charge in [-0.05, 0) is 41.1 Å². The van der Waals surface area contributed by atoms with Crippen LogP contribution in [0.15, 0.2) is 28.1 Å². The zero-order valence-corrected chi connectivity index (χ0v) is 11.8. The van der Waals surface area contributed by atoms with Crippen LogP contribution in [0.1, 0.15) is 10.6 Å². The normalized spacial score (nSPS) is 10.4. The van der Waals surface area contributed by atoms with Gasteiger partial charge in [-0.1, -0.05) is 11.6 Å². The minimum atomic E-state index is 0.530. The topological polar surface area (TPSA) is 24.9 Å². The van der Waals surface area contributed by atoms with Crippen molar-refractivity contribution >= 4 is 44.6 Å². The molecule has 0 spiro atoms. The summed E-state index contributed by atoms with van der Waals surface area (Å²) in [7, 11) is 0. The molecule has 0 atom stereocenters. The summed E-state index contributed by atoms with van der Waals surface area (Å²) in [5, 5.41) is 5.94. The fourth-order valence-electron chi connectivity index (χ4n) is 1.35. The fourth-order valence-corrected chi connectivity index (χ4v) is 2.93. The molecule has 0 saturated carbocycles. The Bertz CT molecular complexity index is 498. The maximum Gasteiger partial charge on any atom is 0.129 e. The Kier molecular flexibility index (Phi) is 3.84. The monoisotopic (exact) mass is 316 g/mol. The number of thiophene rings is 1. The molecule has 0 aromatic carbocycles. The minimum Gasteiger partial charge on any atom is -0.379 e. The maximum atomic E-state index is 5.79. The molecule has 2 nitrogen and oxygen atoms in total. The van der Waals surface area contributed by atoms with Crippen LogP contribution in [0.4, 0.5) is 5.69 Å². The largest absolute Gasteiger partial charge is 0.379 e. The number of hydrogen-bond acceptors (Lipinski definition) is 3. The molecule has 0 fully saturated rings. The van der Waals surface area contributed by atoms with Gasteiger partial charge in [0.1, 0.15) is 5.15 Å². The molecule has 0 aliphatic heterocycles. The summed E-state index contributed by atoms with van der Waals surface area (Å²) >= 11 is 11.0. The van der Waals surface area contributed by atoms with Crippen molar-refractivity contribution in [1.82, 2.24) is 4.98 Å². The van der Waals surface area contributed by atoms with Crippen molar-refractivity contribution < 1.29 is 0 Å². The van der Waals surface area contributed by atoms with Crippen LogP contribution in [-0.2, 0) is 6.54 Å². The van der Waals surface area contributed by atoms with E-state index in [0.717, 1.165) is 22.4 Å². The third kappa shape index (κ3) is 2.97. The van der Waals surface area contributed by atoms with Crippen molar-refractivity contribution in [1.29, 1.82) is 0 Å². The van der Waals surface area contributed by atoms with Crippen LogP contribution in [0.25, 0.3) is 0 Å². The molecular weight excluding hydrogens is 308 g/mol. The van der Waals surface area contributed by atoms with E-state index in [1.165, 1.54) is 4.88 Å². The van der Waals surface area contributed by atoms with Gasteiger partial charge in [0.2, 0.25) is 0 Å². The van der Waals surface area contributed by atoms with E-state index in [1.54, 1.807) is 17.4 Å². The number of aryl methyl sites for hydroxylation is 1. The summed E-state index contributed by atoms with van der Waals surface area (Å²) in [5.41, 5.74) is 1.94. The second-order valence-corrected chi connectivity index (χ2v) is 5.65. The molecule has 2 aromatic heterocycles. The van der Waals surface area contributed by atoms with Gasteiger partial charge in [-0.2, -0.15) is 0 Å². The predicted octanol–water partition coefficient (Wildman–Crippen LogP) is 4.48. The van der Waals surface area contributed by atoms with Crippen LogP contribution in [0.2, 0.25) is 5.15 Å². The Balaban J connectivity index is 2.04. The molecule has 0 saturated heterocycles. The third-order valence-electron chi connectivity index (χ3n) is 2.13. The van der Waals surface area contributed by atoms with Gasteiger partial charge < -0.3 is 5.32 Å². The lowest BCUT2D eigenvalue weighted by Crippen LogP contribution is -2.00. The third-order valence-corrected chi connectivity index (χ3v) is 4.03. The van der Waals surface area contributed by atoms with Crippen molar-refractivity contribution in [2.45, 2.75) is 13.5 Å². The van der Waals surface area contributed by atoms with E-state index in [2.05, 4.69) is 37.7 Å². The van der Waals surface area contributed by atoms with Crippen molar-refractivity contribution in [3.63, 3.8) is 0 Å². The SMILES string of the molecule is Cc1nc(Cl)ccc1NCc1cc(Br)cs1. The molecule has 0 bridgehead atoms. The molecule has 84 valence electrons. The summed E-state index contributed by atoms with van der Waals surface area (Å²) in [6.45, 7) is 2.75. The fraction of sp³-hybridized carbons (Fsp3) is 0.182. The number of pyridine rings is 1. The van der Waals surface area contributed by atoms with E-state index in [-0.39, 0.29) is 0 Å². The van der Waals surface area contributed by atoms with Crippen LogP contribution >= 0.6 is 38.9 Å². The van der Waals surface area contributed by atoms with Crippen molar-refractivity contribution in [2.75, 3.05) is 5.32 Å². The highest BCUT2D eigenvalue weighted by molar-refractivity contribution is 9.10. The number of anilines is 1. The Labute approximate surface area is 112 Å². The van der Waals surface area contributed by atoms with Gasteiger partial charge in [0.25, 0.3) is 0 Å². The van der Waals surface area contributed by atoms with Gasteiger partial charge in [-0.25, -0.2) is 4.98 Å². The summed E-state index contributed by atoms with van der Waals surface area (Å²) in [6, 6.07) is 5.85. The van der Waals surface area contributed by atoms with Crippen LogP contribution in [0.5, 0.6) is 0 Å². The van der Waals surface area contributed by atoms with E-state index in [4.69, 9.17) is 11.6 Å². The number of aromatic nitrogens is 1. The van der Waals surface area contributed by atoms with Gasteiger partial charge in [-0.3, -0.25) is 0 Å².